The van der Waals surface area contributed by atoms with E-state index >= 15 is 0 Å². The van der Waals surface area contributed by atoms with Crippen molar-refractivity contribution in [3.63, 3.8) is 0 Å². The molecule has 2 aromatic rings. The first kappa shape index (κ1) is 17.1. The Balaban J connectivity index is 1.97. The Bertz CT molecular complexity index is 631. The Morgan fingerprint density at radius 3 is 2.65 bits per heavy atom. The number of urea groups is 1. The molecule has 0 aliphatic heterocycles. The SMILES string of the molecule is COc1cccc(NC(=O)NC[C@@H](OC)c2ccsc2)c1OC. The van der Waals surface area contributed by atoms with Crippen molar-refractivity contribution < 1.29 is 19.0 Å². The number of methoxy groups -OCH3 is 3. The second-order valence-corrected chi connectivity index (χ2v) is 5.44. The van der Waals surface area contributed by atoms with Crippen LogP contribution in [-0.4, -0.2) is 33.9 Å². The lowest BCUT2D eigenvalue weighted by Crippen LogP contribution is -2.33. The van der Waals surface area contributed by atoms with Gasteiger partial charge in [0.1, 0.15) is 6.10 Å². The average Bonchev–Trinajstić information content (AvgIpc) is 3.09. The summed E-state index contributed by atoms with van der Waals surface area (Å²) in [5.74, 6) is 1.03. The zero-order valence-corrected chi connectivity index (χ0v) is 14.1. The van der Waals surface area contributed by atoms with Crippen LogP contribution >= 0.6 is 11.3 Å². The Morgan fingerprint density at radius 2 is 2.04 bits per heavy atom. The first-order valence-electron chi connectivity index (χ1n) is 7.00. The van der Waals surface area contributed by atoms with Crippen molar-refractivity contribution in [2.45, 2.75) is 6.10 Å². The van der Waals surface area contributed by atoms with Crippen LogP contribution in [0.2, 0.25) is 0 Å². The highest BCUT2D eigenvalue weighted by molar-refractivity contribution is 7.07. The van der Waals surface area contributed by atoms with Crippen LogP contribution in [0.1, 0.15) is 11.7 Å². The van der Waals surface area contributed by atoms with Gasteiger partial charge in [-0.2, -0.15) is 11.3 Å². The van der Waals surface area contributed by atoms with E-state index in [1.54, 1.807) is 43.8 Å². The van der Waals surface area contributed by atoms with E-state index in [2.05, 4.69) is 10.6 Å². The molecule has 2 N–H and O–H groups in total. The minimum Gasteiger partial charge on any atom is -0.493 e. The van der Waals surface area contributed by atoms with Crippen LogP contribution < -0.4 is 20.1 Å². The summed E-state index contributed by atoms with van der Waals surface area (Å²) >= 11 is 1.59. The minimum absolute atomic E-state index is 0.181. The first-order chi connectivity index (χ1) is 11.2. The smallest absolute Gasteiger partial charge is 0.319 e. The van der Waals surface area contributed by atoms with Crippen LogP contribution in [0.15, 0.2) is 35.0 Å². The number of thiophene rings is 1. The molecule has 1 aromatic carbocycles. The molecule has 1 aromatic heterocycles. The number of benzene rings is 1. The maximum Gasteiger partial charge on any atom is 0.319 e. The van der Waals surface area contributed by atoms with Crippen LogP contribution in [0.3, 0.4) is 0 Å². The van der Waals surface area contributed by atoms with Crippen molar-refractivity contribution in [3.8, 4) is 11.5 Å². The van der Waals surface area contributed by atoms with Gasteiger partial charge in [0.05, 0.1) is 19.9 Å². The van der Waals surface area contributed by atoms with Gasteiger partial charge in [0, 0.05) is 13.7 Å². The summed E-state index contributed by atoms with van der Waals surface area (Å²) in [7, 11) is 4.69. The van der Waals surface area contributed by atoms with Gasteiger partial charge in [0.2, 0.25) is 0 Å². The minimum atomic E-state index is -0.339. The largest absolute Gasteiger partial charge is 0.493 e. The molecule has 6 nitrogen and oxygen atoms in total. The fraction of sp³-hybridized carbons (Fsp3) is 0.312. The standard InChI is InChI=1S/C16H20N2O4S/c1-20-13-6-4-5-12(15(13)22-3)18-16(19)17-9-14(21-2)11-7-8-23-10-11/h4-8,10,14H,9H2,1-3H3,(H2,17,18,19)/t14-/m1/s1. The number of para-hydroxylation sites is 1. The van der Waals surface area contributed by atoms with E-state index in [1.165, 1.54) is 7.11 Å². The molecule has 1 heterocycles. The van der Waals surface area contributed by atoms with Gasteiger partial charge in [0.15, 0.2) is 11.5 Å². The van der Waals surface area contributed by atoms with Crippen molar-refractivity contribution in [1.82, 2.24) is 5.32 Å². The third-order valence-electron chi connectivity index (χ3n) is 3.30. The monoisotopic (exact) mass is 336 g/mol. The molecule has 2 amide bonds. The molecular formula is C16H20N2O4S. The van der Waals surface area contributed by atoms with Gasteiger partial charge in [-0.3, -0.25) is 0 Å². The third kappa shape index (κ3) is 4.37. The first-order valence-corrected chi connectivity index (χ1v) is 7.94. The van der Waals surface area contributed by atoms with E-state index in [9.17, 15) is 4.79 Å². The summed E-state index contributed by atoms with van der Waals surface area (Å²) in [5.41, 5.74) is 1.57. The molecule has 124 valence electrons. The van der Waals surface area contributed by atoms with Crippen molar-refractivity contribution in [3.05, 3.63) is 40.6 Å². The topological polar surface area (TPSA) is 68.8 Å². The summed E-state index contributed by atoms with van der Waals surface area (Å²) in [5, 5.41) is 9.52. The average molecular weight is 336 g/mol. The second kappa shape index (κ2) is 8.40. The molecule has 0 aliphatic rings. The molecule has 23 heavy (non-hydrogen) atoms. The van der Waals surface area contributed by atoms with Gasteiger partial charge in [-0.15, -0.1) is 0 Å². The van der Waals surface area contributed by atoms with Crippen molar-refractivity contribution >= 4 is 23.1 Å². The lowest BCUT2D eigenvalue weighted by Gasteiger charge is -2.17. The van der Waals surface area contributed by atoms with E-state index < -0.39 is 0 Å². The maximum atomic E-state index is 12.1. The van der Waals surface area contributed by atoms with Gasteiger partial charge in [-0.1, -0.05) is 6.07 Å². The molecular weight excluding hydrogens is 316 g/mol. The summed E-state index contributed by atoms with van der Waals surface area (Å²) in [6, 6.07) is 6.92. The molecule has 0 unspecified atom stereocenters. The predicted octanol–water partition coefficient (Wildman–Crippen LogP) is 3.27. The zero-order chi connectivity index (χ0) is 16.7. The maximum absolute atomic E-state index is 12.1. The molecule has 0 fully saturated rings. The van der Waals surface area contributed by atoms with Crippen molar-refractivity contribution in [2.75, 3.05) is 33.2 Å². The Morgan fingerprint density at radius 1 is 1.22 bits per heavy atom. The number of anilines is 1. The lowest BCUT2D eigenvalue weighted by atomic mass is 10.2. The summed E-state index contributed by atoms with van der Waals surface area (Å²) in [4.78, 5) is 12.1. The number of hydrogen-bond donors (Lipinski definition) is 2. The number of amides is 2. The normalized spacial score (nSPS) is 11.6. The molecule has 0 saturated carbocycles. The number of hydrogen-bond acceptors (Lipinski definition) is 5. The van der Waals surface area contributed by atoms with E-state index in [4.69, 9.17) is 14.2 Å². The highest BCUT2D eigenvalue weighted by Crippen LogP contribution is 2.34. The van der Waals surface area contributed by atoms with E-state index in [-0.39, 0.29) is 12.1 Å². The van der Waals surface area contributed by atoms with Gasteiger partial charge >= 0.3 is 6.03 Å². The van der Waals surface area contributed by atoms with Crippen molar-refractivity contribution in [1.29, 1.82) is 0 Å². The zero-order valence-electron chi connectivity index (χ0n) is 13.3. The predicted molar refractivity (Wildman–Crippen MR) is 90.6 cm³/mol. The van der Waals surface area contributed by atoms with Crippen LogP contribution in [0.25, 0.3) is 0 Å². The Kier molecular flexibility index (Phi) is 6.25. The van der Waals surface area contributed by atoms with E-state index in [0.717, 1.165) is 5.56 Å². The molecule has 1 atom stereocenters. The molecule has 0 aliphatic carbocycles. The fourth-order valence-corrected chi connectivity index (χ4v) is 2.83. The van der Waals surface area contributed by atoms with Crippen LogP contribution in [0.5, 0.6) is 11.5 Å². The molecule has 7 heteroatoms. The number of carbonyl (C=O) groups excluding carboxylic acids is 1. The highest BCUT2D eigenvalue weighted by atomic mass is 32.1. The van der Waals surface area contributed by atoms with Gasteiger partial charge < -0.3 is 24.8 Å². The summed E-state index contributed by atoms with van der Waals surface area (Å²) in [6.07, 6.45) is -0.181. The molecule has 0 radical (unpaired) electrons. The fourth-order valence-electron chi connectivity index (χ4n) is 2.13. The molecule has 2 rings (SSSR count). The summed E-state index contributed by atoms with van der Waals surface area (Å²) < 4.78 is 15.9. The molecule has 0 bridgehead atoms. The second-order valence-electron chi connectivity index (χ2n) is 4.66. The number of carbonyl (C=O) groups is 1. The lowest BCUT2D eigenvalue weighted by molar-refractivity contribution is 0.105. The molecule has 0 saturated heterocycles. The van der Waals surface area contributed by atoms with Gasteiger partial charge in [0.25, 0.3) is 0 Å². The van der Waals surface area contributed by atoms with E-state index in [1.807, 2.05) is 16.8 Å². The third-order valence-corrected chi connectivity index (χ3v) is 4.00. The van der Waals surface area contributed by atoms with Crippen LogP contribution in [-0.2, 0) is 4.74 Å². The van der Waals surface area contributed by atoms with E-state index in [0.29, 0.717) is 23.7 Å². The highest BCUT2D eigenvalue weighted by Gasteiger charge is 2.15. The van der Waals surface area contributed by atoms with Gasteiger partial charge in [-0.25, -0.2) is 4.79 Å². The number of rotatable bonds is 7. The van der Waals surface area contributed by atoms with Crippen molar-refractivity contribution in [2.24, 2.45) is 0 Å². The Hall–Kier alpha value is -2.25. The van der Waals surface area contributed by atoms with Crippen LogP contribution in [0, 0.1) is 0 Å². The van der Waals surface area contributed by atoms with Gasteiger partial charge in [-0.05, 0) is 34.5 Å². The summed E-state index contributed by atoms with van der Waals surface area (Å²) in [6.45, 7) is 0.366. The number of ether oxygens (including phenoxy) is 3. The quantitative estimate of drug-likeness (QED) is 0.814. The molecule has 0 spiro atoms. The number of nitrogens with one attached hydrogen (secondary N) is 2. The van der Waals surface area contributed by atoms with Crippen LogP contribution in [0.4, 0.5) is 10.5 Å². The Labute approximate surface area is 139 Å².